The number of hydrogen-bond acceptors (Lipinski definition) is 4. The number of benzene rings is 1. The van der Waals surface area contributed by atoms with E-state index in [2.05, 4.69) is 32.4 Å². The van der Waals surface area contributed by atoms with Crippen LogP contribution in [0.15, 0.2) is 47.2 Å². The van der Waals surface area contributed by atoms with Gasteiger partial charge in [-0.2, -0.15) is 11.3 Å². The third kappa shape index (κ3) is 4.90. The number of nitrogens with zero attached hydrogens (tertiary/aromatic N) is 1. The van der Waals surface area contributed by atoms with E-state index in [1.54, 1.807) is 23.5 Å². The van der Waals surface area contributed by atoms with Gasteiger partial charge in [0.2, 0.25) is 0 Å². The van der Waals surface area contributed by atoms with Gasteiger partial charge in [-0.1, -0.05) is 24.6 Å². The SMILES string of the molecule is O=C(NCC(c1ccsc1)N1CCCCC1)C(=O)Nc1ccccc1. The number of nitrogens with one attached hydrogen (secondary N) is 2. The fourth-order valence-electron chi connectivity index (χ4n) is 3.13. The Bertz CT molecular complexity index is 682. The smallest absolute Gasteiger partial charge is 0.313 e. The summed E-state index contributed by atoms with van der Waals surface area (Å²) in [5.41, 5.74) is 1.82. The third-order valence-electron chi connectivity index (χ3n) is 4.45. The molecule has 0 radical (unpaired) electrons. The van der Waals surface area contributed by atoms with Gasteiger partial charge >= 0.3 is 11.8 Å². The van der Waals surface area contributed by atoms with E-state index in [0.717, 1.165) is 13.1 Å². The van der Waals surface area contributed by atoms with Crippen LogP contribution >= 0.6 is 11.3 Å². The summed E-state index contributed by atoms with van der Waals surface area (Å²) in [6, 6.07) is 11.2. The van der Waals surface area contributed by atoms with Crippen LogP contribution < -0.4 is 10.6 Å². The summed E-state index contributed by atoms with van der Waals surface area (Å²) in [5, 5.41) is 9.59. The number of anilines is 1. The number of carbonyl (C=O) groups excluding carboxylic acids is 2. The van der Waals surface area contributed by atoms with Gasteiger partial charge in [-0.25, -0.2) is 0 Å². The number of likely N-dealkylation sites (tertiary alicyclic amines) is 1. The van der Waals surface area contributed by atoms with E-state index < -0.39 is 11.8 Å². The van der Waals surface area contributed by atoms with Gasteiger partial charge in [0.25, 0.3) is 0 Å². The van der Waals surface area contributed by atoms with Crippen LogP contribution in [0.2, 0.25) is 0 Å². The molecule has 1 unspecified atom stereocenters. The molecule has 0 aliphatic carbocycles. The summed E-state index contributed by atoms with van der Waals surface area (Å²) in [4.78, 5) is 26.6. The van der Waals surface area contributed by atoms with Crippen LogP contribution in [0.4, 0.5) is 5.69 Å². The molecule has 2 aromatic rings. The largest absolute Gasteiger partial charge is 0.346 e. The van der Waals surface area contributed by atoms with Crippen molar-refractivity contribution in [3.05, 3.63) is 52.7 Å². The van der Waals surface area contributed by atoms with Crippen molar-refractivity contribution in [3.63, 3.8) is 0 Å². The standard InChI is InChI=1S/C19H23N3O2S/c23-18(19(24)21-16-7-3-1-4-8-16)20-13-17(15-9-12-25-14-15)22-10-5-2-6-11-22/h1,3-4,7-9,12,14,17H,2,5-6,10-11,13H2,(H,20,23)(H,21,24). The van der Waals surface area contributed by atoms with Gasteiger partial charge in [-0.15, -0.1) is 0 Å². The van der Waals surface area contributed by atoms with Crippen LogP contribution in [0.3, 0.4) is 0 Å². The maximum atomic E-state index is 12.2. The molecule has 0 saturated carbocycles. The molecular formula is C19H23N3O2S. The molecule has 2 heterocycles. The predicted octanol–water partition coefficient (Wildman–Crippen LogP) is 3.03. The first-order valence-corrected chi connectivity index (χ1v) is 9.58. The molecule has 1 aliphatic rings. The van der Waals surface area contributed by atoms with Gasteiger partial charge in [0.05, 0.1) is 6.04 Å². The van der Waals surface area contributed by atoms with E-state index in [1.165, 1.54) is 24.8 Å². The molecule has 0 spiro atoms. The second-order valence-electron chi connectivity index (χ2n) is 6.20. The first kappa shape index (κ1) is 17.6. The summed E-state index contributed by atoms with van der Waals surface area (Å²) in [6.07, 6.45) is 3.63. The average Bonchev–Trinajstić information content (AvgIpc) is 3.18. The molecule has 132 valence electrons. The van der Waals surface area contributed by atoms with Crippen LogP contribution in [0.5, 0.6) is 0 Å². The highest BCUT2D eigenvalue weighted by Gasteiger charge is 2.24. The highest BCUT2D eigenvalue weighted by molar-refractivity contribution is 7.08. The van der Waals surface area contributed by atoms with Crippen molar-refractivity contribution in [2.45, 2.75) is 25.3 Å². The second kappa shape index (κ2) is 8.78. The summed E-state index contributed by atoms with van der Waals surface area (Å²) < 4.78 is 0. The van der Waals surface area contributed by atoms with Gasteiger partial charge in [0.1, 0.15) is 0 Å². The number of para-hydroxylation sites is 1. The zero-order chi connectivity index (χ0) is 17.5. The lowest BCUT2D eigenvalue weighted by Gasteiger charge is -2.34. The lowest BCUT2D eigenvalue weighted by atomic mass is 10.0. The van der Waals surface area contributed by atoms with Crippen LogP contribution in [0.25, 0.3) is 0 Å². The van der Waals surface area contributed by atoms with E-state index >= 15 is 0 Å². The summed E-state index contributed by atoms with van der Waals surface area (Å²) in [6.45, 7) is 2.51. The molecule has 1 aliphatic heterocycles. The average molecular weight is 357 g/mol. The van der Waals surface area contributed by atoms with E-state index in [1.807, 2.05) is 18.2 Å². The molecule has 0 bridgehead atoms. The van der Waals surface area contributed by atoms with Crippen molar-refractivity contribution < 1.29 is 9.59 Å². The molecule has 1 aromatic carbocycles. The van der Waals surface area contributed by atoms with E-state index in [0.29, 0.717) is 12.2 Å². The molecule has 5 nitrogen and oxygen atoms in total. The molecule has 2 N–H and O–H groups in total. The zero-order valence-electron chi connectivity index (χ0n) is 14.1. The molecule has 1 fully saturated rings. The third-order valence-corrected chi connectivity index (χ3v) is 5.15. The summed E-state index contributed by atoms with van der Waals surface area (Å²) in [5.74, 6) is -1.23. The fourth-order valence-corrected chi connectivity index (χ4v) is 3.84. The molecule has 1 atom stereocenters. The highest BCUT2D eigenvalue weighted by Crippen LogP contribution is 2.25. The van der Waals surface area contributed by atoms with Crippen LogP contribution in [0, 0.1) is 0 Å². The quantitative estimate of drug-likeness (QED) is 0.809. The molecule has 3 rings (SSSR count). The Morgan fingerprint density at radius 3 is 2.48 bits per heavy atom. The fraction of sp³-hybridized carbons (Fsp3) is 0.368. The van der Waals surface area contributed by atoms with Crippen LogP contribution in [0.1, 0.15) is 30.9 Å². The van der Waals surface area contributed by atoms with E-state index in [-0.39, 0.29) is 6.04 Å². The van der Waals surface area contributed by atoms with Crippen LogP contribution in [-0.4, -0.2) is 36.3 Å². The van der Waals surface area contributed by atoms with E-state index in [4.69, 9.17) is 0 Å². The van der Waals surface area contributed by atoms with Crippen molar-refractivity contribution in [1.29, 1.82) is 0 Å². The number of rotatable bonds is 5. The van der Waals surface area contributed by atoms with Crippen molar-refractivity contribution in [2.75, 3.05) is 25.0 Å². The van der Waals surface area contributed by atoms with E-state index in [9.17, 15) is 9.59 Å². The Labute approximate surface area is 152 Å². The number of hydrogen-bond donors (Lipinski definition) is 2. The molecular weight excluding hydrogens is 334 g/mol. The lowest BCUT2D eigenvalue weighted by Crippen LogP contribution is -2.43. The molecule has 1 aromatic heterocycles. The van der Waals surface area contributed by atoms with Gasteiger partial charge in [0, 0.05) is 12.2 Å². The van der Waals surface area contributed by atoms with Gasteiger partial charge < -0.3 is 10.6 Å². The Morgan fingerprint density at radius 2 is 1.80 bits per heavy atom. The number of amides is 2. The van der Waals surface area contributed by atoms with Gasteiger partial charge in [-0.3, -0.25) is 14.5 Å². The summed E-state index contributed by atoms with van der Waals surface area (Å²) in [7, 11) is 0. The first-order chi connectivity index (χ1) is 12.2. The highest BCUT2D eigenvalue weighted by atomic mass is 32.1. The molecule has 2 amide bonds. The maximum absolute atomic E-state index is 12.2. The maximum Gasteiger partial charge on any atom is 0.313 e. The van der Waals surface area contributed by atoms with Crippen LogP contribution in [-0.2, 0) is 9.59 Å². The second-order valence-corrected chi connectivity index (χ2v) is 6.98. The monoisotopic (exact) mass is 357 g/mol. The number of thiophene rings is 1. The molecule has 1 saturated heterocycles. The number of piperidine rings is 1. The Kier molecular flexibility index (Phi) is 6.19. The van der Waals surface area contributed by atoms with Crippen molar-refractivity contribution in [2.24, 2.45) is 0 Å². The minimum atomic E-state index is -0.631. The van der Waals surface area contributed by atoms with Gasteiger partial charge in [-0.05, 0) is 60.5 Å². The molecule has 6 heteroatoms. The van der Waals surface area contributed by atoms with Crippen molar-refractivity contribution >= 4 is 28.8 Å². The first-order valence-electron chi connectivity index (χ1n) is 8.64. The minimum absolute atomic E-state index is 0.125. The van der Waals surface area contributed by atoms with Crippen molar-refractivity contribution in [3.8, 4) is 0 Å². The van der Waals surface area contributed by atoms with Gasteiger partial charge in [0.15, 0.2) is 0 Å². The predicted molar refractivity (Wildman–Crippen MR) is 101 cm³/mol. The molecule has 25 heavy (non-hydrogen) atoms. The lowest BCUT2D eigenvalue weighted by molar-refractivity contribution is -0.136. The Hall–Kier alpha value is -2.18. The minimum Gasteiger partial charge on any atom is -0.346 e. The summed E-state index contributed by atoms with van der Waals surface area (Å²) >= 11 is 1.66. The van der Waals surface area contributed by atoms with Crippen molar-refractivity contribution in [1.82, 2.24) is 10.2 Å². The Balaban J connectivity index is 1.58. The normalized spacial score (nSPS) is 16.2. The topological polar surface area (TPSA) is 61.4 Å². The zero-order valence-corrected chi connectivity index (χ0v) is 14.9. The Morgan fingerprint density at radius 1 is 1.04 bits per heavy atom. The number of carbonyl (C=O) groups is 2.